The van der Waals surface area contributed by atoms with Crippen molar-refractivity contribution in [3.8, 4) is 0 Å². The fourth-order valence-corrected chi connectivity index (χ4v) is 2.18. The number of urea groups is 1. The van der Waals surface area contributed by atoms with Gasteiger partial charge in [0.05, 0.1) is 31.6 Å². The lowest BCUT2D eigenvalue weighted by Crippen LogP contribution is -2.31. The van der Waals surface area contributed by atoms with Crippen molar-refractivity contribution in [2.75, 3.05) is 19.0 Å². The lowest BCUT2D eigenvalue weighted by molar-refractivity contribution is 0.183. The smallest absolute Gasteiger partial charge is 0.319 e. The zero-order chi connectivity index (χ0) is 16.8. The summed E-state index contributed by atoms with van der Waals surface area (Å²) in [5, 5.41) is 9.44. The molecule has 0 atom stereocenters. The summed E-state index contributed by atoms with van der Waals surface area (Å²) in [6.07, 6.45) is 3.27. The van der Waals surface area contributed by atoms with Crippen LogP contribution >= 0.6 is 0 Å². The van der Waals surface area contributed by atoms with E-state index in [1.54, 1.807) is 24.2 Å². The van der Waals surface area contributed by atoms with Gasteiger partial charge in [-0.25, -0.2) is 4.79 Å². The lowest BCUT2D eigenvalue weighted by Gasteiger charge is -2.08. The Morgan fingerprint density at radius 1 is 1.43 bits per heavy atom. The van der Waals surface area contributed by atoms with Crippen molar-refractivity contribution in [1.29, 1.82) is 0 Å². The van der Waals surface area contributed by atoms with Crippen molar-refractivity contribution in [3.63, 3.8) is 0 Å². The number of nitrogens with zero attached hydrogens (tertiary/aromatic N) is 2. The molecule has 0 aromatic carbocycles. The van der Waals surface area contributed by atoms with Gasteiger partial charge in [-0.15, -0.1) is 0 Å². The molecule has 0 aliphatic carbocycles. The average molecular weight is 319 g/mol. The third-order valence-electron chi connectivity index (χ3n) is 3.34. The van der Waals surface area contributed by atoms with Crippen LogP contribution < -0.4 is 16.2 Å². The molecule has 8 nitrogen and oxygen atoms in total. The van der Waals surface area contributed by atoms with Gasteiger partial charge in [0.15, 0.2) is 0 Å². The van der Waals surface area contributed by atoms with Crippen LogP contribution in [0.3, 0.4) is 0 Å². The number of methoxy groups -OCH3 is 1. The van der Waals surface area contributed by atoms with Gasteiger partial charge < -0.3 is 20.4 Å². The first-order valence-electron chi connectivity index (χ1n) is 7.25. The van der Waals surface area contributed by atoms with E-state index in [9.17, 15) is 9.59 Å². The van der Waals surface area contributed by atoms with Crippen LogP contribution in [0, 0.1) is 13.8 Å². The molecule has 2 amide bonds. The molecule has 0 unspecified atom stereocenters. The van der Waals surface area contributed by atoms with Gasteiger partial charge in [-0.05, 0) is 25.5 Å². The molecular formula is C15H21N5O3. The first-order valence-corrected chi connectivity index (χ1v) is 7.25. The maximum absolute atomic E-state index is 11.9. The summed E-state index contributed by atoms with van der Waals surface area (Å²) in [6, 6.07) is 1.48. The average Bonchev–Trinajstić information content (AvgIpc) is 2.91. The maximum atomic E-state index is 11.9. The molecule has 2 heterocycles. The normalized spacial score (nSPS) is 10.6. The molecule has 23 heavy (non-hydrogen) atoms. The van der Waals surface area contributed by atoms with E-state index in [-0.39, 0.29) is 12.1 Å². The van der Waals surface area contributed by atoms with Crippen molar-refractivity contribution in [1.82, 2.24) is 20.1 Å². The fourth-order valence-electron chi connectivity index (χ4n) is 2.18. The Labute approximate surface area is 133 Å². The molecule has 8 heteroatoms. The van der Waals surface area contributed by atoms with Gasteiger partial charge in [0.25, 0.3) is 5.56 Å². The first-order chi connectivity index (χ1) is 11.0. The van der Waals surface area contributed by atoms with Crippen LogP contribution in [-0.4, -0.2) is 34.5 Å². The molecule has 2 aromatic rings. The molecule has 0 aliphatic rings. The van der Waals surface area contributed by atoms with Crippen LogP contribution in [0.4, 0.5) is 10.5 Å². The minimum absolute atomic E-state index is 0.158. The summed E-state index contributed by atoms with van der Waals surface area (Å²) >= 11 is 0. The topological polar surface area (TPSA) is 101 Å². The standard InChI is InChI=1S/C15H21N5O3/c1-10-6-11(2)18-14(21)13(10)8-16-15(22)19-12-7-17-20(9-12)4-5-23-3/h6-7,9H,4-5,8H2,1-3H3,(H,18,21)(H2,16,19,22). The highest BCUT2D eigenvalue weighted by atomic mass is 16.5. The summed E-state index contributed by atoms with van der Waals surface area (Å²) in [7, 11) is 1.62. The number of hydrogen-bond acceptors (Lipinski definition) is 4. The van der Waals surface area contributed by atoms with Crippen LogP contribution in [0.1, 0.15) is 16.8 Å². The number of rotatable bonds is 6. The molecule has 2 rings (SSSR count). The zero-order valence-electron chi connectivity index (χ0n) is 13.5. The number of hydrogen-bond donors (Lipinski definition) is 3. The molecule has 2 aromatic heterocycles. The molecule has 0 spiro atoms. The van der Waals surface area contributed by atoms with Gasteiger partial charge in [0.1, 0.15) is 0 Å². The summed E-state index contributed by atoms with van der Waals surface area (Å²) in [5.74, 6) is 0. The fraction of sp³-hybridized carbons (Fsp3) is 0.400. The number of nitrogens with one attached hydrogen (secondary N) is 3. The molecule has 0 aliphatic heterocycles. The highest BCUT2D eigenvalue weighted by Gasteiger charge is 2.08. The van der Waals surface area contributed by atoms with E-state index >= 15 is 0 Å². The Morgan fingerprint density at radius 3 is 2.91 bits per heavy atom. The number of amides is 2. The minimum Gasteiger partial charge on any atom is -0.383 e. The van der Waals surface area contributed by atoms with Gasteiger partial charge in [0.2, 0.25) is 0 Å². The molecule has 0 radical (unpaired) electrons. The number of pyridine rings is 1. The van der Waals surface area contributed by atoms with Gasteiger partial charge in [-0.2, -0.15) is 5.10 Å². The molecule has 0 saturated heterocycles. The largest absolute Gasteiger partial charge is 0.383 e. The number of aryl methyl sites for hydroxylation is 2. The van der Waals surface area contributed by atoms with E-state index in [4.69, 9.17) is 4.74 Å². The van der Waals surface area contributed by atoms with Crippen molar-refractivity contribution >= 4 is 11.7 Å². The van der Waals surface area contributed by atoms with Gasteiger partial charge >= 0.3 is 6.03 Å². The number of anilines is 1. The number of H-pyrrole nitrogens is 1. The van der Waals surface area contributed by atoms with E-state index in [0.29, 0.717) is 24.4 Å². The third kappa shape index (κ3) is 4.68. The second-order valence-electron chi connectivity index (χ2n) is 5.24. The third-order valence-corrected chi connectivity index (χ3v) is 3.34. The molecule has 3 N–H and O–H groups in total. The van der Waals surface area contributed by atoms with Gasteiger partial charge in [-0.3, -0.25) is 9.48 Å². The summed E-state index contributed by atoms with van der Waals surface area (Å²) in [6.45, 7) is 4.97. The van der Waals surface area contributed by atoms with Crippen molar-refractivity contribution in [2.45, 2.75) is 26.9 Å². The number of carbonyl (C=O) groups is 1. The van der Waals surface area contributed by atoms with E-state index in [2.05, 4.69) is 20.7 Å². The highest BCUT2D eigenvalue weighted by Crippen LogP contribution is 2.06. The van der Waals surface area contributed by atoms with Crippen molar-refractivity contribution in [2.24, 2.45) is 0 Å². The predicted molar refractivity (Wildman–Crippen MR) is 86.5 cm³/mol. The highest BCUT2D eigenvalue weighted by molar-refractivity contribution is 5.88. The molecule has 124 valence electrons. The Hall–Kier alpha value is -2.61. The van der Waals surface area contributed by atoms with E-state index < -0.39 is 6.03 Å². The molecular weight excluding hydrogens is 298 g/mol. The Morgan fingerprint density at radius 2 is 2.22 bits per heavy atom. The second kappa shape index (κ2) is 7.59. The molecule has 0 bridgehead atoms. The van der Waals surface area contributed by atoms with Crippen LogP contribution in [-0.2, 0) is 17.8 Å². The van der Waals surface area contributed by atoms with Crippen LogP contribution in [0.15, 0.2) is 23.3 Å². The SMILES string of the molecule is COCCn1cc(NC(=O)NCc2c(C)cc(C)[nH]c2=O)cn1. The van der Waals surface area contributed by atoms with Crippen LogP contribution in [0.25, 0.3) is 0 Å². The first kappa shape index (κ1) is 16.8. The van der Waals surface area contributed by atoms with Gasteiger partial charge in [0, 0.05) is 24.6 Å². The number of aromatic amines is 1. The van der Waals surface area contributed by atoms with Gasteiger partial charge in [-0.1, -0.05) is 0 Å². The minimum atomic E-state index is -0.393. The predicted octanol–water partition coefficient (Wildman–Crippen LogP) is 1.16. The van der Waals surface area contributed by atoms with E-state index in [1.165, 1.54) is 0 Å². The Balaban J connectivity index is 1.90. The lowest BCUT2D eigenvalue weighted by atomic mass is 10.1. The quantitative estimate of drug-likeness (QED) is 0.743. The Kier molecular flexibility index (Phi) is 5.53. The number of ether oxygens (including phenoxy) is 1. The molecule has 0 fully saturated rings. The van der Waals surface area contributed by atoms with Crippen LogP contribution in [0.5, 0.6) is 0 Å². The Bertz CT molecular complexity index is 735. The van der Waals surface area contributed by atoms with E-state index in [0.717, 1.165) is 11.3 Å². The monoisotopic (exact) mass is 319 g/mol. The summed E-state index contributed by atoms with van der Waals surface area (Å²) in [4.78, 5) is 26.5. The van der Waals surface area contributed by atoms with Crippen molar-refractivity contribution < 1.29 is 9.53 Å². The van der Waals surface area contributed by atoms with Crippen molar-refractivity contribution in [3.05, 3.63) is 45.6 Å². The van der Waals surface area contributed by atoms with Crippen LogP contribution in [0.2, 0.25) is 0 Å². The number of aromatic nitrogens is 3. The van der Waals surface area contributed by atoms with E-state index in [1.807, 2.05) is 19.9 Å². The maximum Gasteiger partial charge on any atom is 0.319 e. The molecule has 0 saturated carbocycles. The zero-order valence-corrected chi connectivity index (χ0v) is 13.5. The number of carbonyl (C=O) groups excluding carboxylic acids is 1. The summed E-state index contributed by atoms with van der Waals surface area (Å²) in [5.41, 5.74) is 2.58. The summed E-state index contributed by atoms with van der Waals surface area (Å²) < 4.78 is 6.64. The second-order valence-corrected chi connectivity index (χ2v) is 5.24.